The van der Waals surface area contributed by atoms with Gasteiger partial charge >= 0.3 is 0 Å². The van der Waals surface area contributed by atoms with Crippen molar-refractivity contribution in [2.45, 2.75) is 52.4 Å². The molecule has 0 spiro atoms. The van der Waals surface area contributed by atoms with E-state index in [0.717, 1.165) is 24.5 Å². The predicted octanol–water partition coefficient (Wildman–Crippen LogP) is 3.40. The molecular formula is C17H20N4O2S. The smallest absolute Gasteiger partial charge is 0.232 e. The van der Waals surface area contributed by atoms with Crippen molar-refractivity contribution in [3.63, 3.8) is 0 Å². The molecule has 1 N–H and O–H groups in total. The second-order valence-corrected chi connectivity index (χ2v) is 7.27. The summed E-state index contributed by atoms with van der Waals surface area (Å²) in [7, 11) is 0. The van der Waals surface area contributed by atoms with Crippen LogP contribution in [0, 0.1) is 24.2 Å². The first-order chi connectivity index (χ1) is 11.6. The number of carbonyl (C=O) groups excluding carboxylic acids is 1. The number of nitrogens with one attached hydrogen (secondary N) is 1. The molecule has 1 unspecified atom stereocenters. The number of thiazole rings is 1. The normalized spacial score (nSPS) is 16.5. The highest BCUT2D eigenvalue weighted by molar-refractivity contribution is 7.15. The van der Waals surface area contributed by atoms with Gasteiger partial charge in [0.15, 0.2) is 10.9 Å². The maximum Gasteiger partial charge on any atom is 0.232 e. The van der Waals surface area contributed by atoms with Crippen molar-refractivity contribution in [1.82, 2.24) is 10.1 Å². The quantitative estimate of drug-likeness (QED) is 0.897. The zero-order valence-corrected chi connectivity index (χ0v) is 14.7. The first kappa shape index (κ1) is 16.7. The van der Waals surface area contributed by atoms with Crippen molar-refractivity contribution in [1.29, 1.82) is 5.26 Å². The van der Waals surface area contributed by atoms with Crippen LogP contribution >= 0.6 is 11.3 Å². The fourth-order valence-corrected chi connectivity index (χ4v) is 4.29. The van der Waals surface area contributed by atoms with Crippen LogP contribution in [0.4, 0.5) is 5.13 Å². The van der Waals surface area contributed by atoms with Crippen molar-refractivity contribution in [2.75, 3.05) is 5.32 Å². The van der Waals surface area contributed by atoms with Gasteiger partial charge in [-0.2, -0.15) is 5.26 Å². The molecule has 2 heterocycles. The van der Waals surface area contributed by atoms with E-state index < -0.39 is 0 Å². The van der Waals surface area contributed by atoms with Gasteiger partial charge in [-0.15, -0.1) is 11.3 Å². The van der Waals surface area contributed by atoms with Crippen LogP contribution in [-0.2, 0) is 24.1 Å². The number of anilines is 1. The summed E-state index contributed by atoms with van der Waals surface area (Å²) in [5, 5.41) is 16.3. The van der Waals surface area contributed by atoms with Crippen molar-refractivity contribution in [3.05, 3.63) is 27.6 Å². The van der Waals surface area contributed by atoms with Crippen molar-refractivity contribution in [2.24, 2.45) is 5.92 Å². The molecule has 1 atom stereocenters. The summed E-state index contributed by atoms with van der Waals surface area (Å²) >= 11 is 1.57. The third kappa shape index (κ3) is 3.49. The van der Waals surface area contributed by atoms with E-state index in [9.17, 15) is 4.79 Å². The molecule has 0 bridgehead atoms. The molecule has 1 amide bonds. The third-order valence-corrected chi connectivity index (χ3v) is 5.39. The van der Waals surface area contributed by atoms with E-state index in [4.69, 9.17) is 9.78 Å². The lowest BCUT2D eigenvalue weighted by Crippen LogP contribution is -2.15. The fraction of sp³-hybridized carbons (Fsp3) is 0.529. The second kappa shape index (κ2) is 7.14. The molecule has 2 aromatic heterocycles. The molecule has 0 aliphatic heterocycles. The van der Waals surface area contributed by atoms with Crippen molar-refractivity contribution >= 4 is 22.4 Å². The number of rotatable bonds is 5. The van der Waals surface area contributed by atoms with Gasteiger partial charge in [0.25, 0.3) is 0 Å². The number of amides is 1. The van der Waals surface area contributed by atoms with E-state index in [0.29, 0.717) is 22.1 Å². The SMILES string of the molecule is CCCC1CCc2nc(NC(=O)Cc3noc(C)c3C#N)sc2C1. The van der Waals surface area contributed by atoms with Crippen molar-refractivity contribution < 1.29 is 9.32 Å². The van der Waals surface area contributed by atoms with E-state index in [-0.39, 0.29) is 12.3 Å². The molecule has 0 fully saturated rings. The van der Waals surface area contributed by atoms with Gasteiger partial charge in [-0.05, 0) is 32.1 Å². The third-order valence-electron chi connectivity index (χ3n) is 4.36. The molecule has 3 rings (SSSR count). The Balaban J connectivity index is 1.65. The maximum atomic E-state index is 12.2. The zero-order valence-electron chi connectivity index (χ0n) is 13.9. The Morgan fingerprint density at radius 1 is 1.54 bits per heavy atom. The Hall–Kier alpha value is -2.20. The van der Waals surface area contributed by atoms with Gasteiger partial charge < -0.3 is 9.84 Å². The highest BCUT2D eigenvalue weighted by atomic mass is 32.1. The molecule has 24 heavy (non-hydrogen) atoms. The van der Waals surface area contributed by atoms with Crippen LogP contribution in [0.15, 0.2) is 4.52 Å². The largest absolute Gasteiger partial charge is 0.360 e. The molecule has 0 aromatic carbocycles. The minimum absolute atomic E-state index is 0.0168. The Morgan fingerprint density at radius 3 is 3.12 bits per heavy atom. The Bertz CT molecular complexity index is 787. The van der Waals surface area contributed by atoms with Crippen LogP contribution in [0.25, 0.3) is 0 Å². The summed E-state index contributed by atoms with van der Waals surface area (Å²) in [5.41, 5.74) is 1.83. The van der Waals surface area contributed by atoms with E-state index >= 15 is 0 Å². The van der Waals surface area contributed by atoms with E-state index in [1.807, 2.05) is 6.07 Å². The van der Waals surface area contributed by atoms with E-state index in [2.05, 4.69) is 22.4 Å². The molecule has 1 aliphatic rings. The summed E-state index contributed by atoms with van der Waals surface area (Å²) < 4.78 is 4.97. The minimum atomic E-state index is -0.226. The average molecular weight is 344 g/mol. The molecular weight excluding hydrogens is 324 g/mol. The van der Waals surface area contributed by atoms with Gasteiger partial charge in [0, 0.05) is 4.88 Å². The maximum absolute atomic E-state index is 12.2. The molecule has 0 saturated heterocycles. The lowest BCUT2D eigenvalue weighted by Gasteiger charge is -2.19. The first-order valence-corrected chi connectivity index (χ1v) is 9.06. The monoisotopic (exact) mass is 344 g/mol. The number of hydrogen-bond acceptors (Lipinski definition) is 6. The van der Waals surface area contributed by atoms with Crippen LogP contribution < -0.4 is 5.32 Å². The van der Waals surface area contributed by atoms with Crippen LogP contribution in [-0.4, -0.2) is 16.0 Å². The molecule has 6 nitrogen and oxygen atoms in total. The van der Waals surface area contributed by atoms with Gasteiger partial charge in [-0.25, -0.2) is 4.98 Å². The number of nitrogens with zero attached hydrogens (tertiary/aromatic N) is 3. The molecule has 7 heteroatoms. The van der Waals surface area contributed by atoms with Gasteiger partial charge in [-0.3, -0.25) is 4.79 Å². The Labute approximate surface area is 144 Å². The minimum Gasteiger partial charge on any atom is -0.360 e. The Kier molecular flexibility index (Phi) is 4.95. The number of carbonyl (C=O) groups is 1. The second-order valence-electron chi connectivity index (χ2n) is 6.18. The Morgan fingerprint density at radius 2 is 2.38 bits per heavy atom. The first-order valence-electron chi connectivity index (χ1n) is 8.24. The highest BCUT2D eigenvalue weighted by Gasteiger charge is 2.23. The summed E-state index contributed by atoms with van der Waals surface area (Å²) in [4.78, 5) is 18.1. The van der Waals surface area contributed by atoms with Gasteiger partial charge in [0.05, 0.1) is 12.1 Å². The molecule has 0 saturated carbocycles. The van der Waals surface area contributed by atoms with Gasteiger partial charge in [0.2, 0.25) is 5.91 Å². The summed E-state index contributed by atoms with van der Waals surface area (Å²) in [5.74, 6) is 0.950. The summed E-state index contributed by atoms with van der Waals surface area (Å²) in [6.45, 7) is 3.88. The van der Waals surface area contributed by atoms with Crippen LogP contribution in [0.3, 0.4) is 0 Å². The number of fused-ring (bicyclic) bond motifs is 1. The van der Waals surface area contributed by atoms with E-state index in [1.54, 1.807) is 18.3 Å². The molecule has 0 radical (unpaired) electrons. The number of aromatic nitrogens is 2. The number of hydrogen-bond donors (Lipinski definition) is 1. The number of aryl methyl sites for hydroxylation is 2. The van der Waals surface area contributed by atoms with E-state index in [1.165, 1.54) is 24.1 Å². The zero-order chi connectivity index (χ0) is 17.1. The molecule has 126 valence electrons. The van der Waals surface area contributed by atoms with Gasteiger partial charge in [0.1, 0.15) is 17.3 Å². The van der Waals surface area contributed by atoms with Crippen LogP contribution in [0.1, 0.15) is 53.8 Å². The highest BCUT2D eigenvalue weighted by Crippen LogP contribution is 2.34. The van der Waals surface area contributed by atoms with Gasteiger partial charge in [-0.1, -0.05) is 24.9 Å². The summed E-state index contributed by atoms with van der Waals surface area (Å²) in [6.07, 6.45) is 5.72. The van der Waals surface area contributed by atoms with Crippen molar-refractivity contribution in [3.8, 4) is 6.07 Å². The topological polar surface area (TPSA) is 91.8 Å². The lowest BCUT2D eigenvalue weighted by molar-refractivity contribution is -0.115. The van der Waals surface area contributed by atoms with Crippen LogP contribution in [0.2, 0.25) is 0 Å². The predicted molar refractivity (Wildman–Crippen MR) is 90.8 cm³/mol. The van der Waals surface area contributed by atoms with Crippen LogP contribution in [0.5, 0.6) is 0 Å². The number of nitriles is 1. The average Bonchev–Trinajstić information content (AvgIpc) is 3.09. The summed E-state index contributed by atoms with van der Waals surface area (Å²) in [6, 6.07) is 2.02. The lowest BCUT2D eigenvalue weighted by atomic mass is 9.88. The molecule has 1 aliphatic carbocycles. The molecule has 2 aromatic rings. The fourth-order valence-electron chi connectivity index (χ4n) is 3.15. The standard InChI is InChI=1S/C17H20N4O2S/c1-3-4-11-5-6-13-15(7-11)24-17(19-13)20-16(22)8-14-12(9-18)10(2)23-21-14/h11H,3-8H2,1-2H3,(H,19,20,22).